The molecule has 6 heteroatoms. The van der Waals surface area contributed by atoms with Crippen LogP contribution in [0.2, 0.25) is 0 Å². The smallest absolute Gasteiger partial charge is 0.306 e. The van der Waals surface area contributed by atoms with Crippen molar-refractivity contribution >= 4 is 17.9 Å². The minimum Gasteiger partial charge on any atom is -0.462 e. The fourth-order valence-corrected chi connectivity index (χ4v) is 8.80. The molecule has 0 fully saturated rings. The Bertz CT molecular complexity index is 1890. The van der Waals surface area contributed by atoms with Gasteiger partial charge in [0.1, 0.15) is 13.2 Å². The lowest BCUT2D eigenvalue weighted by Gasteiger charge is -2.18. The van der Waals surface area contributed by atoms with E-state index in [1.54, 1.807) is 0 Å². The molecule has 6 nitrogen and oxygen atoms in total. The van der Waals surface area contributed by atoms with E-state index in [-0.39, 0.29) is 31.6 Å². The molecule has 0 amide bonds. The largest absolute Gasteiger partial charge is 0.462 e. The number of unbranched alkanes of at least 4 members (excludes halogenated alkanes) is 20. The molecule has 1 unspecified atom stereocenters. The molecule has 0 saturated carbocycles. The minimum atomic E-state index is -0.835. The molecule has 0 rings (SSSR count). The Balaban J connectivity index is 4.38. The number of ether oxygens (including phenoxy) is 3. The highest BCUT2D eigenvalue weighted by Crippen LogP contribution is 2.16. The van der Waals surface area contributed by atoms with Crippen LogP contribution in [0.3, 0.4) is 0 Å². The number of allylic oxidation sites excluding steroid dienone is 28. The first kappa shape index (κ1) is 77.8. The van der Waals surface area contributed by atoms with Gasteiger partial charge in [-0.05, 0) is 135 Å². The highest BCUT2D eigenvalue weighted by atomic mass is 16.6. The van der Waals surface area contributed by atoms with E-state index in [1.807, 2.05) is 6.08 Å². The lowest BCUT2D eigenvalue weighted by molar-refractivity contribution is -0.166. The molecule has 0 aromatic carbocycles. The third-order valence-electron chi connectivity index (χ3n) is 13.7. The summed E-state index contributed by atoms with van der Waals surface area (Å²) in [6.45, 7) is 6.23. The topological polar surface area (TPSA) is 78.9 Å². The molecule has 0 aliphatic heterocycles. The van der Waals surface area contributed by atoms with E-state index >= 15 is 0 Å². The van der Waals surface area contributed by atoms with E-state index in [0.717, 1.165) is 148 Å². The maximum absolute atomic E-state index is 12.9. The van der Waals surface area contributed by atoms with Crippen molar-refractivity contribution < 1.29 is 28.6 Å². The van der Waals surface area contributed by atoms with Crippen molar-refractivity contribution in [2.24, 2.45) is 0 Å². The second-order valence-corrected chi connectivity index (χ2v) is 21.6. The Kier molecular flexibility index (Phi) is 64.9. The quantitative estimate of drug-likeness (QED) is 0.0261. The minimum absolute atomic E-state index is 0.120. The van der Waals surface area contributed by atoms with Gasteiger partial charge >= 0.3 is 17.9 Å². The van der Waals surface area contributed by atoms with Gasteiger partial charge in [-0.25, -0.2) is 0 Å². The van der Waals surface area contributed by atoms with Gasteiger partial charge in [0.25, 0.3) is 0 Å². The standard InChI is InChI=1S/C77H122O6/c1-4-7-10-13-16-19-22-25-28-30-32-33-34-35-36-37-38-39-40-41-42-43-45-46-49-52-55-58-61-64-67-70-76(79)82-73-74(72-81-75(78)69-66-63-60-57-54-51-48-27-24-21-18-15-12-9-6-3)83-77(80)71-68-65-62-59-56-53-50-47-44-31-29-26-23-20-17-14-11-8-5-2/h7-12,16-21,25-29,32-33,35-36,44,47-48,53,56,62,65,74H,4-6,13-15,22-24,30-31,34,37-43,45-46,49-52,54-55,57-61,63-64,66-73H2,1-3H3/b10-7-,11-8-,12-9-,19-16-,20-17-,21-18-,28-25-,29-26-,33-32-,36-35-,47-44-,48-27-,56-53-,65-62-. The Morgan fingerprint density at radius 3 is 0.723 bits per heavy atom. The maximum atomic E-state index is 12.9. The number of carbonyl (C=O) groups excluding carboxylic acids is 3. The fourth-order valence-electron chi connectivity index (χ4n) is 8.80. The van der Waals surface area contributed by atoms with Crippen molar-refractivity contribution in [3.8, 4) is 0 Å². The summed E-state index contributed by atoms with van der Waals surface area (Å²) in [5, 5.41) is 0. The first-order valence-corrected chi connectivity index (χ1v) is 33.6. The van der Waals surface area contributed by atoms with Crippen LogP contribution in [0.5, 0.6) is 0 Å². The molecular formula is C77H122O6. The Hall–Kier alpha value is -5.23. The van der Waals surface area contributed by atoms with Crippen LogP contribution in [0.25, 0.3) is 0 Å². The monoisotopic (exact) mass is 1140 g/mol. The molecule has 0 heterocycles. The van der Waals surface area contributed by atoms with Gasteiger partial charge in [0.15, 0.2) is 6.10 Å². The van der Waals surface area contributed by atoms with Gasteiger partial charge < -0.3 is 14.2 Å². The predicted octanol–water partition coefficient (Wildman–Crippen LogP) is 23.4. The van der Waals surface area contributed by atoms with Crippen LogP contribution in [-0.4, -0.2) is 37.2 Å². The number of esters is 3. The highest BCUT2D eigenvalue weighted by Gasteiger charge is 2.19. The third kappa shape index (κ3) is 67.4. The molecule has 0 spiro atoms. The Morgan fingerprint density at radius 1 is 0.241 bits per heavy atom. The fraction of sp³-hybridized carbons (Fsp3) is 0.597. The van der Waals surface area contributed by atoms with Gasteiger partial charge in [-0.2, -0.15) is 0 Å². The number of hydrogen-bond acceptors (Lipinski definition) is 6. The molecule has 1 atom stereocenters. The molecular weight excluding hydrogens is 1020 g/mol. The average Bonchev–Trinajstić information content (AvgIpc) is 3.49. The first-order chi connectivity index (χ1) is 41.0. The van der Waals surface area contributed by atoms with E-state index in [0.29, 0.717) is 19.3 Å². The van der Waals surface area contributed by atoms with E-state index in [9.17, 15) is 14.4 Å². The highest BCUT2D eigenvalue weighted by molar-refractivity contribution is 5.71. The van der Waals surface area contributed by atoms with Crippen LogP contribution in [0.15, 0.2) is 170 Å². The summed E-state index contributed by atoms with van der Waals surface area (Å²) in [7, 11) is 0. The molecule has 0 aliphatic carbocycles. The lowest BCUT2D eigenvalue weighted by atomic mass is 10.0. The van der Waals surface area contributed by atoms with Gasteiger partial charge in [0.2, 0.25) is 0 Å². The second kappa shape index (κ2) is 69.3. The zero-order valence-electron chi connectivity index (χ0n) is 53.4. The van der Waals surface area contributed by atoms with Gasteiger partial charge in [-0.3, -0.25) is 14.4 Å². The van der Waals surface area contributed by atoms with Crippen molar-refractivity contribution in [3.63, 3.8) is 0 Å². The summed E-state index contributed by atoms with van der Waals surface area (Å²) < 4.78 is 16.9. The molecule has 0 aliphatic rings. The van der Waals surface area contributed by atoms with Gasteiger partial charge in [-0.15, -0.1) is 0 Å². The van der Waals surface area contributed by atoms with Crippen molar-refractivity contribution in [2.45, 2.75) is 284 Å². The van der Waals surface area contributed by atoms with Crippen LogP contribution in [0.4, 0.5) is 0 Å². The van der Waals surface area contributed by atoms with Gasteiger partial charge in [0, 0.05) is 19.3 Å². The normalized spacial score (nSPS) is 13.2. The number of rotatable bonds is 59. The third-order valence-corrected chi connectivity index (χ3v) is 13.7. The molecule has 0 saturated heterocycles. The second-order valence-electron chi connectivity index (χ2n) is 21.6. The van der Waals surface area contributed by atoms with E-state index < -0.39 is 12.1 Å². The lowest BCUT2D eigenvalue weighted by Crippen LogP contribution is -2.30. The summed E-state index contributed by atoms with van der Waals surface area (Å²) >= 11 is 0. The molecule has 0 bridgehead atoms. The van der Waals surface area contributed by atoms with Crippen LogP contribution < -0.4 is 0 Å². The SMILES string of the molecule is CC/C=C\C/C=C\C/C=C\C/C=C\C/C=C\C/C=C\CCC(=O)OC(COC(=O)CCCCCCC/C=C\C/C=C\C/C=C\CC)COC(=O)CCCCCCCCCCCCCCCCC/C=C\C/C=C\C/C=C\C/C=C\C/C=C\CC. The number of carbonyl (C=O) groups is 3. The van der Waals surface area contributed by atoms with Crippen LogP contribution in [0.1, 0.15) is 278 Å². The van der Waals surface area contributed by atoms with Gasteiger partial charge in [-0.1, -0.05) is 294 Å². The molecule has 0 aromatic rings. The summed E-state index contributed by atoms with van der Waals surface area (Å²) in [6.07, 6.45) is 102. The molecule has 83 heavy (non-hydrogen) atoms. The van der Waals surface area contributed by atoms with Crippen LogP contribution in [0, 0.1) is 0 Å². The molecule has 466 valence electrons. The maximum Gasteiger partial charge on any atom is 0.306 e. The van der Waals surface area contributed by atoms with Crippen molar-refractivity contribution in [1.82, 2.24) is 0 Å². The zero-order chi connectivity index (χ0) is 59.9. The zero-order valence-corrected chi connectivity index (χ0v) is 53.4. The van der Waals surface area contributed by atoms with Gasteiger partial charge in [0.05, 0.1) is 0 Å². The molecule has 0 N–H and O–H groups in total. The summed E-state index contributed by atoms with van der Waals surface area (Å²) in [6, 6.07) is 0. The molecule has 0 radical (unpaired) electrons. The van der Waals surface area contributed by atoms with Crippen molar-refractivity contribution in [2.75, 3.05) is 13.2 Å². The van der Waals surface area contributed by atoms with E-state index in [1.165, 1.54) is 83.5 Å². The van der Waals surface area contributed by atoms with E-state index in [4.69, 9.17) is 14.2 Å². The summed E-state index contributed by atoms with van der Waals surface area (Å²) in [4.78, 5) is 38.3. The number of hydrogen-bond donors (Lipinski definition) is 0. The summed E-state index contributed by atoms with van der Waals surface area (Å²) in [5.41, 5.74) is 0. The van der Waals surface area contributed by atoms with E-state index in [2.05, 4.69) is 185 Å². The summed E-state index contributed by atoms with van der Waals surface area (Å²) in [5.74, 6) is -1.02. The predicted molar refractivity (Wildman–Crippen MR) is 361 cm³/mol. The Labute approximate surface area is 511 Å². The first-order valence-electron chi connectivity index (χ1n) is 33.6. The Morgan fingerprint density at radius 2 is 0.458 bits per heavy atom. The van der Waals surface area contributed by atoms with Crippen LogP contribution in [-0.2, 0) is 28.6 Å². The van der Waals surface area contributed by atoms with Crippen molar-refractivity contribution in [3.05, 3.63) is 170 Å². The average molecular weight is 1140 g/mol. The van der Waals surface area contributed by atoms with Crippen molar-refractivity contribution in [1.29, 1.82) is 0 Å². The van der Waals surface area contributed by atoms with Crippen LogP contribution >= 0.6 is 0 Å². The molecule has 0 aromatic heterocycles.